The highest BCUT2D eigenvalue weighted by molar-refractivity contribution is 5.88. The first-order valence-electron chi connectivity index (χ1n) is 19.8. The molecule has 0 spiro atoms. The second kappa shape index (κ2) is 17.2. The average Bonchev–Trinajstić information content (AvgIpc) is 4.13. The number of H-pyrrole nitrogens is 2. The van der Waals surface area contributed by atoms with Gasteiger partial charge in [-0.05, 0) is 54.5 Å². The summed E-state index contributed by atoms with van der Waals surface area (Å²) in [4.78, 5) is 72.6. The number of imidazole rings is 2. The van der Waals surface area contributed by atoms with Gasteiger partial charge >= 0.3 is 12.2 Å². The van der Waals surface area contributed by atoms with Crippen molar-refractivity contribution >= 4 is 24.0 Å². The number of carbonyl (C=O) groups excluding carboxylic acids is 3. The zero-order valence-electron chi connectivity index (χ0n) is 33.1. The Morgan fingerprint density at radius 2 is 1.25 bits per heavy atom. The van der Waals surface area contributed by atoms with Crippen LogP contribution in [0.3, 0.4) is 0 Å². The molecule has 4 N–H and O–H groups in total. The fourth-order valence-corrected chi connectivity index (χ4v) is 8.08. The summed E-state index contributed by atoms with van der Waals surface area (Å²) in [6, 6.07) is 27.1. The first-order valence-corrected chi connectivity index (χ1v) is 19.8. The zero-order chi connectivity index (χ0) is 41.8. The molecule has 0 unspecified atom stereocenters. The summed E-state index contributed by atoms with van der Waals surface area (Å²) in [5.74, 6) is 0.737. The van der Waals surface area contributed by atoms with Crippen LogP contribution in [0.1, 0.15) is 72.6 Å². The first-order chi connectivity index (χ1) is 29.2. The van der Waals surface area contributed by atoms with Crippen molar-refractivity contribution in [2.75, 3.05) is 27.2 Å². The number of benzene rings is 3. The Balaban J connectivity index is 0.933. The van der Waals surface area contributed by atoms with Gasteiger partial charge in [-0.1, -0.05) is 84.9 Å². The fourth-order valence-electron chi connectivity index (χ4n) is 8.08. The molecule has 4 atom stereocenters. The maximum absolute atomic E-state index is 13.9. The largest absolute Gasteiger partial charge is 0.465 e. The Kier molecular flexibility index (Phi) is 11.3. The SMILES string of the molecule is COC(=O)N[C@@H](C(=O)N1CCC[C@H]1c1ncc(-c2ccc(-c3ccc(-c4cnc([C@@H]5CCCN5C(=O)[C@@H](c5ccccc5)N(C)C(=O)O)[nH]4)nn3)cc2)[nH]1)c1ccccc1. The Morgan fingerprint density at radius 3 is 1.83 bits per heavy atom. The van der Waals surface area contributed by atoms with Gasteiger partial charge in [0, 0.05) is 25.7 Å². The molecule has 2 fully saturated rings. The van der Waals surface area contributed by atoms with Gasteiger partial charge in [-0.15, -0.1) is 10.2 Å². The van der Waals surface area contributed by atoms with Crippen molar-refractivity contribution in [1.82, 2.24) is 50.1 Å². The molecule has 60 heavy (non-hydrogen) atoms. The molecule has 2 saturated heterocycles. The lowest BCUT2D eigenvalue weighted by Gasteiger charge is -2.32. The number of ether oxygens (including phenoxy) is 1. The summed E-state index contributed by atoms with van der Waals surface area (Å²) in [6.45, 7) is 1.02. The number of nitrogens with one attached hydrogen (secondary N) is 3. The minimum Gasteiger partial charge on any atom is -0.465 e. The van der Waals surface area contributed by atoms with E-state index in [1.54, 1.807) is 58.6 Å². The Bertz CT molecular complexity index is 2460. The molecular weight excluding hydrogens is 765 g/mol. The molecule has 2 aliphatic rings. The van der Waals surface area contributed by atoms with E-state index in [1.807, 2.05) is 60.7 Å². The molecule has 2 aliphatic heterocycles. The summed E-state index contributed by atoms with van der Waals surface area (Å²) in [5, 5.41) is 21.5. The molecule has 5 heterocycles. The maximum atomic E-state index is 13.9. The van der Waals surface area contributed by atoms with Crippen molar-refractivity contribution in [3.05, 3.63) is 132 Å². The van der Waals surface area contributed by atoms with Crippen LogP contribution in [0.25, 0.3) is 33.9 Å². The highest BCUT2D eigenvalue weighted by Gasteiger charge is 2.40. The van der Waals surface area contributed by atoms with E-state index in [0.29, 0.717) is 59.4 Å². The van der Waals surface area contributed by atoms with Crippen LogP contribution in [0.15, 0.2) is 109 Å². The number of hydrogen-bond acceptors (Lipinski definition) is 9. The van der Waals surface area contributed by atoms with Gasteiger partial charge in [-0.3, -0.25) is 14.5 Å². The third kappa shape index (κ3) is 8.03. The smallest absolute Gasteiger partial charge is 0.407 e. The lowest BCUT2D eigenvalue weighted by molar-refractivity contribution is -0.137. The average molecular weight is 809 g/mol. The minimum absolute atomic E-state index is 0.233. The van der Waals surface area contributed by atoms with Crippen LogP contribution in [0, 0.1) is 0 Å². The molecule has 0 aliphatic carbocycles. The lowest BCUT2D eigenvalue weighted by atomic mass is 10.0. The summed E-state index contributed by atoms with van der Waals surface area (Å²) in [5.41, 5.74) is 5.73. The quantitative estimate of drug-likeness (QED) is 0.109. The number of aromatic nitrogens is 6. The first kappa shape index (κ1) is 39.5. The van der Waals surface area contributed by atoms with Gasteiger partial charge in [0.2, 0.25) is 0 Å². The van der Waals surface area contributed by atoms with Crippen molar-refractivity contribution in [3.8, 4) is 33.9 Å². The number of alkyl carbamates (subject to hydrolysis) is 1. The van der Waals surface area contributed by atoms with Gasteiger partial charge in [-0.2, -0.15) is 0 Å². The number of likely N-dealkylation sites (N-methyl/N-ethyl adjacent to an activating group) is 1. The molecule has 306 valence electrons. The van der Waals surface area contributed by atoms with Crippen LogP contribution >= 0.6 is 0 Å². The lowest BCUT2D eigenvalue weighted by Crippen LogP contribution is -2.43. The van der Waals surface area contributed by atoms with Crippen molar-refractivity contribution in [2.24, 2.45) is 0 Å². The normalized spacial score (nSPS) is 17.2. The van der Waals surface area contributed by atoms with Gasteiger partial charge in [0.15, 0.2) is 0 Å². The van der Waals surface area contributed by atoms with E-state index in [2.05, 4.69) is 35.5 Å². The van der Waals surface area contributed by atoms with E-state index in [1.165, 1.54) is 14.2 Å². The van der Waals surface area contributed by atoms with E-state index < -0.39 is 24.3 Å². The molecule has 4 amide bonds. The summed E-state index contributed by atoms with van der Waals surface area (Å²) < 4.78 is 4.82. The molecule has 3 aromatic heterocycles. The number of hydrogen-bond donors (Lipinski definition) is 4. The number of nitrogens with zero attached hydrogens (tertiary/aromatic N) is 7. The highest BCUT2D eigenvalue weighted by Crippen LogP contribution is 2.36. The Morgan fingerprint density at radius 1 is 0.717 bits per heavy atom. The van der Waals surface area contributed by atoms with Gasteiger partial charge in [0.25, 0.3) is 11.8 Å². The fraction of sp³-hybridized carbons (Fsp3) is 0.273. The second-order valence-corrected chi connectivity index (χ2v) is 14.8. The molecule has 3 aromatic carbocycles. The zero-order valence-corrected chi connectivity index (χ0v) is 33.1. The number of amides is 4. The van der Waals surface area contributed by atoms with Gasteiger partial charge < -0.3 is 34.9 Å². The summed E-state index contributed by atoms with van der Waals surface area (Å²) in [7, 11) is 2.68. The van der Waals surface area contributed by atoms with Gasteiger partial charge in [0.05, 0.1) is 48.7 Å². The van der Waals surface area contributed by atoms with Crippen molar-refractivity contribution < 1.29 is 29.0 Å². The molecule has 0 saturated carbocycles. The Labute approximate surface area is 345 Å². The van der Waals surface area contributed by atoms with Crippen molar-refractivity contribution in [3.63, 3.8) is 0 Å². The van der Waals surface area contributed by atoms with Crippen molar-refractivity contribution in [1.29, 1.82) is 0 Å². The predicted molar refractivity (Wildman–Crippen MR) is 220 cm³/mol. The summed E-state index contributed by atoms with van der Waals surface area (Å²) in [6.07, 6.45) is 4.53. The van der Waals surface area contributed by atoms with Gasteiger partial charge in [0.1, 0.15) is 29.4 Å². The molecule has 6 aromatic rings. The Hall–Kier alpha value is -7.36. The van der Waals surface area contributed by atoms with E-state index in [9.17, 15) is 24.3 Å². The van der Waals surface area contributed by atoms with E-state index >= 15 is 0 Å². The number of carbonyl (C=O) groups is 4. The predicted octanol–water partition coefficient (Wildman–Crippen LogP) is 6.70. The van der Waals surface area contributed by atoms with Gasteiger partial charge in [-0.25, -0.2) is 19.6 Å². The van der Waals surface area contributed by atoms with E-state index in [-0.39, 0.29) is 23.9 Å². The number of methoxy groups -OCH3 is 1. The topological polar surface area (TPSA) is 203 Å². The molecule has 16 nitrogen and oxygen atoms in total. The number of rotatable bonds is 11. The second-order valence-electron chi connectivity index (χ2n) is 14.8. The molecule has 0 radical (unpaired) electrons. The van der Waals surface area contributed by atoms with Crippen LogP contribution in [0.5, 0.6) is 0 Å². The monoisotopic (exact) mass is 808 g/mol. The van der Waals surface area contributed by atoms with Crippen LogP contribution in [0.2, 0.25) is 0 Å². The van der Waals surface area contributed by atoms with Crippen LogP contribution < -0.4 is 5.32 Å². The summed E-state index contributed by atoms with van der Waals surface area (Å²) >= 11 is 0. The van der Waals surface area contributed by atoms with Crippen LogP contribution in [-0.2, 0) is 14.3 Å². The third-order valence-corrected chi connectivity index (χ3v) is 11.2. The standard InChI is InChI=1S/C44H44N10O6/c1-52(44(58)59)38(30-13-7-4-8-14-30)42(56)54-24-10-16-36(54)40-46-26-34(48-40)32-22-21-31(50-51-32)27-17-19-28(20-18-27)33-25-45-39(47-33)35-15-9-23-53(35)41(55)37(49-43(57)60-2)29-11-5-3-6-12-29/h3-8,11-14,17-22,25-26,35-38H,9-10,15-16,23-24H2,1-2H3,(H,45,47)(H,46,48)(H,49,57)(H,58,59)/t35-,36-,37+,38+/m0/s1. The number of carboxylic acid groups (broad SMARTS) is 1. The van der Waals surface area contributed by atoms with Crippen molar-refractivity contribution in [2.45, 2.75) is 49.9 Å². The van der Waals surface area contributed by atoms with E-state index in [0.717, 1.165) is 41.0 Å². The maximum Gasteiger partial charge on any atom is 0.407 e. The molecule has 16 heteroatoms. The number of likely N-dealkylation sites (tertiary alicyclic amines) is 2. The van der Waals surface area contributed by atoms with Crippen LogP contribution in [0.4, 0.5) is 9.59 Å². The molecule has 8 rings (SSSR count). The molecular formula is C44H44N10O6. The third-order valence-electron chi connectivity index (χ3n) is 11.2. The minimum atomic E-state index is -1.19. The van der Waals surface area contributed by atoms with E-state index in [4.69, 9.17) is 4.74 Å². The van der Waals surface area contributed by atoms with Crippen LogP contribution in [-0.4, -0.2) is 101 Å². The number of aromatic amines is 2. The highest BCUT2D eigenvalue weighted by atomic mass is 16.5. The molecule has 0 bridgehead atoms.